The molecule has 1 aliphatic rings. The Morgan fingerprint density at radius 1 is 1.36 bits per heavy atom. The number of pyridine rings is 1. The van der Waals surface area contributed by atoms with Crippen LogP contribution in [0.5, 0.6) is 0 Å². The molecule has 0 aliphatic carbocycles. The molecule has 1 aliphatic heterocycles. The maximum Gasteiger partial charge on any atom is 0.255 e. The number of rotatable bonds is 2. The number of carbonyl (C=O) groups is 1. The van der Waals surface area contributed by atoms with E-state index in [-0.39, 0.29) is 11.9 Å². The van der Waals surface area contributed by atoms with Gasteiger partial charge in [-0.1, -0.05) is 25.4 Å². The molecule has 1 amide bonds. The number of aromatic nitrogens is 4. The lowest BCUT2D eigenvalue weighted by Gasteiger charge is -2.33. The summed E-state index contributed by atoms with van der Waals surface area (Å²) in [6.45, 7) is 7.35. The highest BCUT2D eigenvalue weighted by Gasteiger charge is 2.30. The van der Waals surface area contributed by atoms with Crippen molar-refractivity contribution in [3.05, 3.63) is 40.7 Å². The molecule has 6 nitrogen and oxygen atoms in total. The van der Waals surface area contributed by atoms with E-state index in [2.05, 4.69) is 40.5 Å². The van der Waals surface area contributed by atoms with E-state index in [1.165, 1.54) is 12.4 Å². The third kappa shape index (κ3) is 2.59. The van der Waals surface area contributed by atoms with Crippen molar-refractivity contribution in [1.29, 1.82) is 0 Å². The minimum atomic E-state index is -0.0813. The number of hydrogen-bond donors (Lipinski definition) is 0. The number of nitrogens with zero attached hydrogens (tertiary/aromatic N) is 5. The highest BCUT2D eigenvalue weighted by molar-refractivity contribution is 6.30. The quantitative estimate of drug-likeness (QED) is 0.853. The van der Waals surface area contributed by atoms with Crippen LogP contribution >= 0.6 is 11.6 Å². The van der Waals surface area contributed by atoms with Crippen molar-refractivity contribution in [3.63, 3.8) is 0 Å². The summed E-state index contributed by atoms with van der Waals surface area (Å²) in [6, 6.07) is 1.78. The number of halogens is 1. The molecule has 7 heteroatoms. The zero-order valence-electron chi connectivity index (χ0n) is 12.8. The Balaban J connectivity index is 1.88. The molecular weight excluding hydrogens is 302 g/mol. The molecule has 116 valence electrons. The van der Waals surface area contributed by atoms with Gasteiger partial charge in [0.05, 0.1) is 23.2 Å². The molecule has 0 saturated heterocycles. The molecule has 1 atom stereocenters. The summed E-state index contributed by atoms with van der Waals surface area (Å²) in [7, 11) is 0. The first-order valence-electron chi connectivity index (χ1n) is 7.31. The van der Waals surface area contributed by atoms with Crippen molar-refractivity contribution < 1.29 is 4.79 Å². The van der Waals surface area contributed by atoms with Crippen LogP contribution in [0.1, 0.15) is 54.7 Å². The number of carbonyl (C=O) groups excluding carboxylic acids is 1. The monoisotopic (exact) mass is 319 g/mol. The van der Waals surface area contributed by atoms with Crippen LogP contribution in [-0.2, 0) is 6.54 Å². The van der Waals surface area contributed by atoms with Gasteiger partial charge in [-0.2, -0.15) is 0 Å². The third-order valence-corrected chi connectivity index (χ3v) is 4.01. The Bertz CT molecular complexity index is 712. The first-order chi connectivity index (χ1) is 10.5. The largest absolute Gasteiger partial charge is 0.329 e. The van der Waals surface area contributed by atoms with E-state index < -0.39 is 0 Å². The summed E-state index contributed by atoms with van der Waals surface area (Å²) in [5.74, 6) is 2.02. The van der Waals surface area contributed by atoms with Crippen LogP contribution in [0.4, 0.5) is 0 Å². The van der Waals surface area contributed by atoms with Crippen molar-refractivity contribution in [2.24, 2.45) is 0 Å². The van der Waals surface area contributed by atoms with Gasteiger partial charge in [0.1, 0.15) is 5.82 Å². The molecule has 22 heavy (non-hydrogen) atoms. The van der Waals surface area contributed by atoms with E-state index in [1.807, 2.05) is 0 Å². The van der Waals surface area contributed by atoms with E-state index in [1.54, 1.807) is 11.0 Å². The molecule has 2 aromatic rings. The maximum atomic E-state index is 12.6. The second-order valence-electron chi connectivity index (χ2n) is 5.93. The molecule has 0 spiro atoms. The third-order valence-electron chi connectivity index (χ3n) is 3.81. The van der Waals surface area contributed by atoms with Crippen LogP contribution in [0.3, 0.4) is 0 Å². The van der Waals surface area contributed by atoms with Crippen LogP contribution < -0.4 is 0 Å². The fourth-order valence-corrected chi connectivity index (χ4v) is 3.00. The minimum Gasteiger partial charge on any atom is -0.329 e. The Hall–Kier alpha value is -1.95. The van der Waals surface area contributed by atoms with Gasteiger partial charge in [-0.3, -0.25) is 9.78 Å². The van der Waals surface area contributed by atoms with Gasteiger partial charge in [0.2, 0.25) is 0 Å². The molecule has 0 fully saturated rings. The predicted molar refractivity (Wildman–Crippen MR) is 82.8 cm³/mol. The van der Waals surface area contributed by atoms with E-state index in [0.29, 0.717) is 29.6 Å². The Kier molecular flexibility index (Phi) is 3.87. The average Bonchev–Trinajstić information content (AvgIpc) is 2.91. The van der Waals surface area contributed by atoms with E-state index >= 15 is 0 Å². The SMILES string of the molecule is CC(C)c1nnc2n1[C@@H](C)CN(C(=O)c1cncc(Cl)c1)C2. The molecule has 0 aromatic carbocycles. The van der Waals surface area contributed by atoms with E-state index in [4.69, 9.17) is 11.6 Å². The summed E-state index contributed by atoms with van der Waals surface area (Å²) in [4.78, 5) is 18.4. The van der Waals surface area contributed by atoms with Crippen molar-refractivity contribution in [2.75, 3.05) is 6.54 Å². The van der Waals surface area contributed by atoms with Gasteiger partial charge < -0.3 is 9.47 Å². The zero-order chi connectivity index (χ0) is 15.9. The molecule has 0 bridgehead atoms. The van der Waals surface area contributed by atoms with Crippen LogP contribution in [-0.4, -0.2) is 37.1 Å². The van der Waals surface area contributed by atoms with Gasteiger partial charge in [0, 0.05) is 24.9 Å². The molecule has 3 rings (SSSR count). The standard InChI is InChI=1S/C15H18ClN5O/c1-9(2)14-19-18-13-8-20(7-10(3)21(13)14)15(22)11-4-12(16)6-17-5-11/h4-6,9-10H,7-8H2,1-3H3/t10-/m0/s1. The molecular formula is C15H18ClN5O. The summed E-state index contributed by atoms with van der Waals surface area (Å²) in [5.41, 5.74) is 0.497. The van der Waals surface area contributed by atoms with Gasteiger partial charge in [-0.25, -0.2) is 0 Å². The van der Waals surface area contributed by atoms with Crippen LogP contribution in [0.15, 0.2) is 18.5 Å². The molecule has 0 saturated carbocycles. The van der Waals surface area contributed by atoms with Crippen molar-refractivity contribution >= 4 is 17.5 Å². The fourth-order valence-electron chi connectivity index (χ4n) is 2.82. The van der Waals surface area contributed by atoms with Crippen LogP contribution in [0, 0.1) is 0 Å². The van der Waals surface area contributed by atoms with Crippen molar-refractivity contribution in [3.8, 4) is 0 Å². The second kappa shape index (κ2) is 5.68. The Morgan fingerprint density at radius 2 is 2.14 bits per heavy atom. The lowest BCUT2D eigenvalue weighted by atomic mass is 10.1. The highest BCUT2D eigenvalue weighted by Crippen LogP contribution is 2.26. The Labute approximate surface area is 134 Å². The molecule has 3 heterocycles. The first-order valence-corrected chi connectivity index (χ1v) is 7.68. The topological polar surface area (TPSA) is 63.9 Å². The summed E-state index contributed by atoms with van der Waals surface area (Å²) < 4.78 is 2.14. The molecule has 2 aromatic heterocycles. The van der Waals surface area contributed by atoms with Gasteiger partial charge in [0.25, 0.3) is 5.91 Å². The average molecular weight is 320 g/mol. The number of fused-ring (bicyclic) bond motifs is 1. The smallest absolute Gasteiger partial charge is 0.255 e. The van der Waals surface area contributed by atoms with E-state index in [9.17, 15) is 4.79 Å². The molecule has 0 radical (unpaired) electrons. The van der Waals surface area contributed by atoms with Gasteiger partial charge in [-0.05, 0) is 13.0 Å². The maximum absolute atomic E-state index is 12.6. The number of hydrogen-bond acceptors (Lipinski definition) is 4. The van der Waals surface area contributed by atoms with Gasteiger partial charge >= 0.3 is 0 Å². The predicted octanol–water partition coefficient (Wildman–Crippen LogP) is 2.67. The summed E-state index contributed by atoms with van der Waals surface area (Å²) in [6.07, 6.45) is 3.06. The highest BCUT2D eigenvalue weighted by atomic mass is 35.5. The van der Waals surface area contributed by atoms with Crippen molar-refractivity contribution in [1.82, 2.24) is 24.6 Å². The van der Waals surface area contributed by atoms with E-state index in [0.717, 1.165) is 11.6 Å². The zero-order valence-corrected chi connectivity index (χ0v) is 13.6. The first kappa shape index (κ1) is 15.0. The number of amides is 1. The fraction of sp³-hybridized carbons (Fsp3) is 0.467. The minimum absolute atomic E-state index is 0.0813. The molecule has 0 unspecified atom stereocenters. The summed E-state index contributed by atoms with van der Waals surface area (Å²) >= 11 is 5.92. The van der Waals surface area contributed by atoms with Crippen LogP contribution in [0.2, 0.25) is 5.02 Å². The molecule has 0 N–H and O–H groups in total. The summed E-state index contributed by atoms with van der Waals surface area (Å²) in [5, 5.41) is 8.98. The Morgan fingerprint density at radius 3 is 2.82 bits per heavy atom. The lowest BCUT2D eigenvalue weighted by Crippen LogP contribution is -2.40. The lowest BCUT2D eigenvalue weighted by molar-refractivity contribution is 0.0679. The van der Waals surface area contributed by atoms with Gasteiger partial charge in [0.15, 0.2) is 5.82 Å². The normalized spacial score (nSPS) is 17.7. The van der Waals surface area contributed by atoms with Crippen molar-refractivity contribution in [2.45, 2.75) is 39.3 Å². The van der Waals surface area contributed by atoms with Crippen LogP contribution in [0.25, 0.3) is 0 Å². The second-order valence-corrected chi connectivity index (χ2v) is 6.36. The van der Waals surface area contributed by atoms with Gasteiger partial charge in [-0.15, -0.1) is 10.2 Å².